The van der Waals surface area contributed by atoms with Crippen molar-refractivity contribution in [2.75, 3.05) is 0 Å². The Hall–Kier alpha value is -0.410. The lowest BCUT2D eigenvalue weighted by molar-refractivity contribution is 1.25. The summed E-state index contributed by atoms with van der Waals surface area (Å²) in [6.07, 6.45) is 0. The Balaban J connectivity index is 0.000000980. The van der Waals surface area contributed by atoms with Crippen molar-refractivity contribution >= 4 is 43.8 Å². The van der Waals surface area contributed by atoms with E-state index in [0.717, 1.165) is 16.5 Å². The third-order valence-corrected chi connectivity index (χ3v) is 2.71. The fourth-order valence-corrected chi connectivity index (χ4v) is 1.93. The minimum atomic E-state index is 0. The van der Waals surface area contributed by atoms with Crippen molar-refractivity contribution in [3.63, 3.8) is 0 Å². The first-order valence-electron chi connectivity index (χ1n) is 4.22. The van der Waals surface area contributed by atoms with Gasteiger partial charge in [-0.25, -0.2) is 0 Å². The molecule has 2 rings (SSSR count). The number of pyridine rings is 1. The first kappa shape index (κ1) is 11.7. The number of halogens is 2. The molecule has 0 unspecified atom stereocenters. The molecular formula is C11H11Br2N. The molecular weight excluding hydrogens is 306 g/mol. The van der Waals surface area contributed by atoms with E-state index in [2.05, 4.69) is 45.2 Å². The Morgan fingerprint density at radius 3 is 2.71 bits per heavy atom. The Labute approximate surface area is 102 Å². The van der Waals surface area contributed by atoms with Crippen LogP contribution in [0.15, 0.2) is 30.3 Å². The lowest BCUT2D eigenvalue weighted by Crippen LogP contribution is -1.86. The molecule has 1 nitrogen and oxygen atoms in total. The molecule has 0 atom stereocenters. The fourth-order valence-electron chi connectivity index (χ4n) is 1.44. The molecule has 0 N–H and O–H groups in total. The van der Waals surface area contributed by atoms with Gasteiger partial charge in [0.15, 0.2) is 0 Å². The second-order valence-electron chi connectivity index (χ2n) is 3.07. The normalized spacial score (nSPS) is 9.86. The number of aromatic nitrogens is 1. The first-order chi connectivity index (χ1) is 6.31. The number of rotatable bonds is 1. The first-order valence-corrected chi connectivity index (χ1v) is 5.34. The topological polar surface area (TPSA) is 12.9 Å². The molecule has 1 heterocycles. The molecule has 14 heavy (non-hydrogen) atoms. The number of fused-ring (bicyclic) bond motifs is 1. The van der Waals surface area contributed by atoms with E-state index in [9.17, 15) is 0 Å². The summed E-state index contributed by atoms with van der Waals surface area (Å²) in [4.78, 5) is 4.46. The lowest BCUT2D eigenvalue weighted by Gasteiger charge is -2.02. The maximum Gasteiger partial charge on any atom is 0.0708 e. The molecule has 0 saturated carbocycles. The number of nitrogens with zero attached hydrogens (tertiary/aromatic N) is 1. The van der Waals surface area contributed by atoms with Crippen LogP contribution in [0.5, 0.6) is 0 Å². The summed E-state index contributed by atoms with van der Waals surface area (Å²) in [5.41, 5.74) is 3.45. The van der Waals surface area contributed by atoms with Gasteiger partial charge in [-0.15, -0.1) is 17.0 Å². The average Bonchev–Trinajstić information content (AvgIpc) is 2.16. The molecule has 3 heteroatoms. The second-order valence-corrected chi connectivity index (χ2v) is 3.63. The van der Waals surface area contributed by atoms with Crippen molar-refractivity contribution in [3.8, 4) is 0 Å². The van der Waals surface area contributed by atoms with Crippen LogP contribution in [-0.4, -0.2) is 4.98 Å². The van der Waals surface area contributed by atoms with Gasteiger partial charge < -0.3 is 0 Å². The van der Waals surface area contributed by atoms with Gasteiger partial charge in [-0.2, -0.15) is 0 Å². The van der Waals surface area contributed by atoms with Gasteiger partial charge in [-0.05, 0) is 24.6 Å². The van der Waals surface area contributed by atoms with Crippen molar-refractivity contribution in [1.29, 1.82) is 0 Å². The smallest absolute Gasteiger partial charge is 0.0708 e. The summed E-state index contributed by atoms with van der Waals surface area (Å²) >= 11 is 3.47. The number of aryl methyl sites for hydroxylation is 1. The Kier molecular flexibility index (Phi) is 4.08. The van der Waals surface area contributed by atoms with Crippen LogP contribution in [0.25, 0.3) is 10.9 Å². The maximum absolute atomic E-state index is 4.46. The number of hydrogen-bond acceptors (Lipinski definition) is 1. The van der Waals surface area contributed by atoms with Crippen molar-refractivity contribution in [1.82, 2.24) is 4.98 Å². The maximum atomic E-state index is 4.46. The van der Waals surface area contributed by atoms with E-state index < -0.39 is 0 Å². The molecule has 0 saturated heterocycles. The van der Waals surface area contributed by atoms with Gasteiger partial charge >= 0.3 is 0 Å². The predicted octanol–water partition coefficient (Wildman–Crippen LogP) is 4.02. The van der Waals surface area contributed by atoms with Gasteiger partial charge in [0.25, 0.3) is 0 Å². The molecule has 0 radical (unpaired) electrons. The van der Waals surface area contributed by atoms with E-state index in [1.54, 1.807) is 0 Å². The third kappa shape index (κ3) is 2.15. The van der Waals surface area contributed by atoms with Crippen molar-refractivity contribution in [3.05, 3.63) is 41.6 Å². The standard InChI is InChI=1S/C11H10BrN.BrH/c1-8-5-6-10-9(7-12)3-2-4-11(10)13-8;/h2-6H,7H2,1H3;1H. The third-order valence-electron chi connectivity index (χ3n) is 2.11. The van der Waals surface area contributed by atoms with Crippen molar-refractivity contribution in [2.24, 2.45) is 0 Å². The summed E-state index contributed by atoms with van der Waals surface area (Å²) in [5.74, 6) is 0. The molecule has 0 aliphatic heterocycles. The monoisotopic (exact) mass is 315 g/mol. The van der Waals surface area contributed by atoms with E-state index in [1.165, 1.54) is 10.9 Å². The highest BCUT2D eigenvalue weighted by atomic mass is 79.9. The summed E-state index contributed by atoms with van der Waals surface area (Å²) in [6.45, 7) is 2.01. The van der Waals surface area contributed by atoms with Gasteiger partial charge in [0.1, 0.15) is 0 Å². The van der Waals surface area contributed by atoms with Gasteiger partial charge in [0, 0.05) is 16.4 Å². The molecule has 74 valence electrons. The molecule has 0 fully saturated rings. The van der Waals surface area contributed by atoms with Crippen LogP contribution in [0.4, 0.5) is 0 Å². The molecule has 0 amide bonds. The highest BCUT2D eigenvalue weighted by Crippen LogP contribution is 2.19. The Morgan fingerprint density at radius 2 is 2.00 bits per heavy atom. The van der Waals surface area contributed by atoms with Crippen LogP contribution >= 0.6 is 32.9 Å². The Morgan fingerprint density at radius 1 is 1.21 bits per heavy atom. The second kappa shape index (κ2) is 4.89. The van der Waals surface area contributed by atoms with Crippen LogP contribution in [0, 0.1) is 6.92 Å². The van der Waals surface area contributed by atoms with E-state index in [4.69, 9.17) is 0 Å². The summed E-state index contributed by atoms with van der Waals surface area (Å²) in [6, 6.07) is 10.4. The zero-order valence-corrected chi connectivity index (χ0v) is 11.1. The minimum Gasteiger partial charge on any atom is -0.253 e. The molecule has 1 aromatic carbocycles. The van der Waals surface area contributed by atoms with Crippen LogP contribution < -0.4 is 0 Å². The van der Waals surface area contributed by atoms with E-state index in [-0.39, 0.29) is 17.0 Å². The molecule has 0 aliphatic rings. The molecule has 0 spiro atoms. The van der Waals surface area contributed by atoms with E-state index in [0.29, 0.717) is 0 Å². The van der Waals surface area contributed by atoms with Gasteiger partial charge in [0.05, 0.1) is 5.52 Å². The SMILES string of the molecule is Br.Cc1ccc2c(CBr)cccc2n1. The molecule has 0 aliphatic carbocycles. The van der Waals surface area contributed by atoms with Crippen LogP contribution in [0.1, 0.15) is 11.3 Å². The largest absolute Gasteiger partial charge is 0.253 e. The number of alkyl halides is 1. The van der Waals surface area contributed by atoms with Crippen LogP contribution in [0.2, 0.25) is 0 Å². The lowest BCUT2D eigenvalue weighted by atomic mass is 10.1. The predicted molar refractivity (Wildman–Crippen MR) is 69.4 cm³/mol. The van der Waals surface area contributed by atoms with Gasteiger partial charge in [-0.3, -0.25) is 4.98 Å². The summed E-state index contributed by atoms with van der Waals surface area (Å²) in [7, 11) is 0. The number of hydrogen-bond donors (Lipinski definition) is 0. The molecule has 2 aromatic rings. The zero-order valence-electron chi connectivity index (χ0n) is 7.83. The summed E-state index contributed by atoms with van der Waals surface area (Å²) in [5, 5.41) is 2.12. The molecule has 0 bridgehead atoms. The van der Waals surface area contributed by atoms with Crippen molar-refractivity contribution in [2.45, 2.75) is 12.3 Å². The van der Waals surface area contributed by atoms with E-state index >= 15 is 0 Å². The van der Waals surface area contributed by atoms with Crippen molar-refractivity contribution < 1.29 is 0 Å². The van der Waals surface area contributed by atoms with Crippen LogP contribution in [0.3, 0.4) is 0 Å². The highest BCUT2D eigenvalue weighted by Gasteiger charge is 1.99. The fraction of sp³-hybridized carbons (Fsp3) is 0.182. The number of benzene rings is 1. The van der Waals surface area contributed by atoms with Gasteiger partial charge in [-0.1, -0.05) is 34.1 Å². The quantitative estimate of drug-likeness (QED) is 0.724. The van der Waals surface area contributed by atoms with Crippen LogP contribution in [-0.2, 0) is 5.33 Å². The zero-order chi connectivity index (χ0) is 9.26. The van der Waals surface area contributed by atoms with Gasteiger partial charge in [0.2, 0.25) is 0 Å². The Bertz CT molecular complexity index is 440. The summed E-state index contributed by atoms with van der Waals surface area (Å²) < 4.78 is 0. The minimum absolute atomic E-state index is 0. The average molecular weight is 317 g/mol. The highest BCUT2D eigenvalue weighted by molar-refractivity contribution is 9.08. The molecule has 1 aromatic heterocycles. The van der Waals surface area contributed by atoms with E-state index in [1.807, 2.05) is 13.0 Å².